The Balaban J connectivity index is 0.000000339. The molecule has 2 nitrogen and oxygen atoms in total. The van der Waals surface area contributed by atoms with Crippen molar-refractivity contribution >= 4 is 18.5 Å². The molecule has 0 unspecified atom stereocenters. The fourth-order valence-electron chi connectivity index (χ4n) is 2.39. The summed E-state index contributed by atoms with van der Waals surface area (Å²) in [6, 6.07) is 21.8. The van der Waals surface area contributed by atoms with E-state index in [2.05, 4.69) is 60.7 Å². The smallest absolute Gasteiger partial charge is 0.430 e. The van der Waals surface area contributed by atoms with Gasteiger partial charge in [-0.15, -0.1) is 0 Å². The Morgan fingerprint density at radius 3 is 2.00 bits per heavy atom. The molecule has 2 N–H and O–H groups in total. The number of benzene rings is 3. The monoisotopic (exact) mass is 248 g/mol. The lowest BCUT2D eigenvalue weighted by Gasteiger charge is -2.04. The summed E-state index contributed by atoms with van der Waals surface area (Å²) in [5, 5.41) is 16.9. The van der Waals surface area contributed by atoms with Crippen molar-refractivity contribution in [3.8, 4) is 22.3 Å². The molecule has 0 saturated heterocycles. The van der Waals surface area contributed by atoms with Gasteiger partial charge in [0.15, 0.2) is 0 Å². The Morgan fingerprint density at radius 1 is 0.684 bits per heavy atom. The van der Waals surface area contributed by atoms with Crippen LogP contribution in [0.5, 0.6) is 0 Å². The van der Waals surface area contributed by atoms with Crippen molar-refractivity contribution in [1.29, 1.82) is 0 Å². The van der Waals surface area contributed by atoms with Crippen LogP contribution in [-0.2, 0) is 0 Å². The van der Waals surface area contributed by atoms with Crippen molar-refractivity contribution in [3.05, 3.63) is 60.7 Å². The van der Waals surface area contributed by atoms with Gasteiger partial charge in [-0.25, -0.2) is 0 Å². The standard InChI is InChI=1S/C16H10.BH3O2/c1-2-6-15-11(4-1)5-3-7-16(15)14-9-12-8-13(12)10-14;2-1-3/h1-10H;1-3H. The maximum atomic E-state index is 7.12. The van der Waals surface area contributed by atoms with Gasteiger partial charge in [0.1, 0.15) is 0 Å². The molecule has 2 aliphatic rings. The largest absolute Gasteiger partial charge is 0.432 e. The van der Waals surface area contributed by atoms with Gasteiger partial charge in [0, 0.05) is 0 Å². The molecule has 0 bridgehead atoms. The highest BCUT2D eigenvalue weighted by atomic mass is 16.4. The van der Waals surface area contributed by atoms with Crippen molar-refractivity contribution in [2.45, 2.75) is 0 Å². The highest BCUT2D eigenvalue weighted by Crippen LogP contribution is 2.41. The van der Waals surface area contributed by atoms with Crippen LogP contribution < -0.4 is 0 Å². The van der Waals surface area contributed by atoms with Crippen LogP contribution in [-0.4, -0.2) is 17.7 Å². The Bertz CT molecular complexity index is 712. The van der Waals surface area contributed by atoms with Crippen LogP contribution in [0.25, 0.3) is 33.0 Å². The van der Waals surface area contributed by atoms with Crippen LogP contribution in [0, 0.1) is 0 Å². The van der Waals surface area contributed by atoms with E-state index >= 15 is 0 Å². The molecular weight excluding hydrogens is 235 g/mol. The average molecular weight is 248 g/mol. The molecule has 0 saturated carbocycles. The SMILES string of the molecule is OBO.c1ccc2c(-c3cc4cc-4c3)cccc2c1. The second-order valence-electron chi connectivity index (χ2n) is 4.47. The second-order valence-corrected chi connectivity index (χ2v) is 4.47. The van der Waals surface area contributed by atoms with Crippen LogP contribution in [0.2, 0.25) is 0 Å². The van der Waals surface area contributed by atoms with E-state index in [0.29, 0.717) is 0 Å². The Morgan fingerprint density at radius 2 is 1.26 bits per heavy atom. The highest BCUT2D eigenvalue weighted by Gasteiger charge is 2.15. The summed E-state index contributed by atoms with van der Waals surface area (Å²) >= 11 is 0. The first-order chi connectivity index (χ1) is 9.33. The van der Waals surface area contributed by atoms with Gasteiger partial charge in [0.25, 0.3) is 0 Å². The highest BCUT2D eigenvalue weighted by molar-refractivity contribution is 6.13. The lowest BCUT2D eigenvalue weighted by Crippen LogP contribution is -1.78. The number of hydrogen-bond donors (Lipinski definition) is 2. The third-order valence-corrected chi connectivity index (χ3v) is 3.28. The maximum absolute atomic E-state index is 7.12. The van der Waals surface area contributed by atoms with Gasteiger partial charge in [0.05, 0.1) is 0 Å². The van der Waals surface area contributed by atoms with Crippen LogP contribution in [0.4, 0.5) is 0 Å². The van der Waals surface area contributed by atoms with Gasteiger partial charge >= 0.3 is 7.69 Å². The summed E-state index contributed by atoms with van der Waals surface area (Å²) < 4.78 is 0. The average Bonchev–Trinajstić information content (AvgIpc) is 3.05. The van der Waals surface area contributed by atoms with Gasteiger partial charge in [-0.2, -0.15) is 0 Å². The minimum Gasteiger partial charge on any atom is -0.430 e. The van der Waals surface area contributed by atoms with E-state index in [0.717, 1.165) is 0 Å². The van der Waals surface area contributed by atoms with Crippen LogP contribution in [0.15, 0.2) is 60.7 Å². The quantitative estimate of drug-likeness (QED) is 0.508. The van der Waals surface area contributed by atoms with Crippen LogP contribution in [0.1, 0.15) is 0 Å². The molecule has 0 spiro atoms. The summed E-state index contributed by atoms with van der Waals surface area (Å²) in [6.07, 6.45) is 0. The lowest BCUT2D eigenvalue weighted by atomic mass is 10.0. The van der Waals surface area contributed by atoms with Crippen molar-refractivity contribution in [2.75, 3.05) is 0 Å². The Kier molecular flexibility index (Phi) is 3.07. The van der Waals surface area contributed by atoms with Crippen molar-refractivity contribution in [1.82, 2.24) is 0 Å². The first-order valence-electron chi connectivity index (χ1n) is 6.19. The van der Waals surface area contributed by atoms with Gasteiger partial charge in [-0.05, 0) is 51.2 Å². The Hall–Kier alpha value is -2.10. The normalized spacial score (nSPS) is 10.6. The zero-order valence-corrected chi connectivity index (χ0v) is 10.4. The number of rotatable bonds is 1. The lowest BCUT2D eigenvalue weighted by molar-refractivity contribution is 0.448. The minimum absolute atomic E-state index is 0.750. The number of hydrogen-bond acceptors (Lipinski definition) is 2. The molecule has 0 fully saturated rings. The third-order valence-electron chi connectivity index (χ3n) is 3.28. The summed E-state index contributed by atoms with van der Waals surface area (Å²) in [4.78, 5) is 0. The fourth-order valence-corrected chi connectivity index (χ4v) is 2.39. The van der Waals surface area contributed by atoms with Gasteiger partial charge in [0.2, 0.25) is 0 Å². The first kappa shape index (κ1) is 12.0. The third kappa shape index (κ3) is 2.26. The van der Waals surface area contributed by atoms with Crippen LogP contribution in [0.3, 0.4) is 0 Å². The van der Waals surface area contributed by atoms with Gasteiger partial charge in [-0.1, -0.05) is 42.5 Å². The molecule has 0 radical (unpaired) electrons. The maximum Gasteiger partial charge on any atom is 0.432 e. The predicted molar refractivity (Wildman–Crippen MR) is 80.0 cm³/mol. The summed E-state index contributed by atoms with van der Waals surface area (Å²) in [7, 11) is -0.750. The molecule has 0 atom stereocenters. The van der Waals surface area contributed by atoms with Crippen molar-refractivity contribution < 1.29 is 10.0 Å². The molecule has 0 aromatic heterocycles. The fraction of sp³-hybridized carbons (Fsp3) is 0. The van der Waals surface area contributed by atoms with E-state index in [1.54, 1.807) is 0 Å². The molecule has 3 heteroatoms. The molecule has 19 heavy (non-hydrogen) atoms. The first-order valence-corrected chi connectivity index (χ1v) is 6.19. The summed E-state index contributed by atoms with van der Waals surface area (Å²) in [5.74, 6) is 0. The molecule has 2 aliphatic carbocycles. The predicted octanol–water partition coefficient (Wildman–Crippen LogP) is 2.72. The van der Waals surface area contributed by atoms with Gasteiger partial charge in [-0.3, -0.25) is 0 Å². The molecule has 2 aromatic carbocycles. The van der Waals surface area contributed by atoms with E-state index in [9.17, 15) is 0 Å². The van der Waals surface area contributed by atoms with Crippen molar-refractivity contribution in [3.63, 3.8) is 0 Å². The number of fused-ring (bicyclic) bond motifs is 2. The zero-order valence-electron chi connectivity index (χ0n) is 10.4. The van der Waals surface area contributed by atoms with Crippen LogP contribution >= 0.6 is 0 Å². The van der Waals surface area contributed by atoms with E-state index in [1.165, 1.54) is 33.0 Å². The van der Waals surface area contributed by atoms with E-state index < -0.39 is 7.69 Å². The van der Waals surface area contributed by atoms with Crippen molar-refractivity contribution in [2.24, 2.45) is 0 Å². The molecule has 92 valence electrons. The van der Waals surface area contributed by atoms with E-state index in [1.807, 2.05) is 0 Å². The Labute approximate surface area is 112 Å². The topological polar surface area (TPSA) is 40.5 Å². The summed E-state index contributed by atoms with van der Waals surface area (Å²) in [6.45, 7) is 0. The van der Waals surface area contributed by atoms with Gasteiger partial charge < -0.3 is 10.0 Å². The second kappa shape index (κ2) is 4.88. The van der Waals surface area contributed by atoms with E-state index in [4.69, 9.17) is 10.0 Å². The molecule has 0 amide bonds. The molecule has 0 aliphatic heterocycles. The van der Waals surface area contributed by atoms with E-state index in [-0.39, 0.29) is 0 Å². The molecule has 0 heterocycles. The molecule has 2 aromatic rings. The minimum atomic E-state index is -0.750. The zero-order chi connectivity index (χ0) is 13.2. The molecule has 4 rings (SSSR count). The molecular formula is C16H13BO2. The summed E-state index contributed by atoms with van der Waals surface area (Å²) in [5.41, 5.74) is 5.51.